The number of hydrogen-bond donors (Lipinski definition) is 2. The van der Waals surface area contributed by atoms with Crippen molar-refractivity contribution in [1.29, 1.82) is 0 Å². The fourth-order valence-corrected chi connectivity index (χ4v) is 2.90. The average molecular weight is 354 g/mol. The van der Waals surface area contributed by atoms with Gasteiger partial charge in [-0.25, -0.2) is 9.78 Å². The van der Waals surface area contributed by atoms with Crippen LogP contribution in [0.15, 0.2) is 47.7 Å². The Labute approximate surface area is 150 Å². The fraction of sp³-hybridized carbons (Fsp3) is 0.211. The van der Waals surface area contributed by atoms with Crippen molar-refractivity contribution in [3.8, 4) is 17.0 Å². The summed E-state index contributed by atoms with van der Waals surface area (Å²) in [5.74, 6) is -0.574. The number of rotatable bonds is 3. The van der Waals surface area contributed by atoms with Crippen LogP contribution in [-0.2, 0) is 9.53 Å². The van der Waals surface area contributed by atoms with Gasteiger partial charge in [-0.15, -0.1) is 0 Å². The minimum atomic E-state index is -1.40. The smallest absolute Gasteiger partial charge is 0.338 e. The van der Waals surface area contributed by atoms with Crippen LogP contribution >= 0.6 is 0 Å². The monoisotopic (exact) mass is 354 g/mol. The van der Waals surface area contributed by atoms with Gasteiger partial charge in [-0.3, -0.25) is 4.79 Å². The van der Waals surface area contributed by atoms with Crippen LogP contribution in [0.1, 0.15) is 29.1 Å². The first-order valence-corrected chi connectivity index (χ1v) is 7.90. The molecule has 7 nitrogen and oxygen atoms in total. The molecule has 1 unspecified atom stereocenters. The van der Waals surface area contributed by atoms with Crippen LogP contribution < -0.4 is 10.1 Å². The van der Waals surface area contributed by atoms with Gasteiger partial charge in [-0.1, -0.05) is 12.1 Å². The molecule has 1 atom stereocenters. The number of aromatic nitrogens is 1. The van der Waals surface area contributed by atoms with Gasteiger partial charge in [0.15, 0.2) is 0 Å². The molecule has 0 bridgehead atoms. The number of benzene rings is 1. The molecule has 0 saturated carbocycles. The molecule has 0 aliphatic carbocycles. The first-order chi connectivity index (χ1) is 12.5. The van der Waals surface area contributed by atoms with E-state index in [0.29, 0.717) is 17.0 Å². The zero-order chi connectivity index (χ0) is 18.8. The lowest BCUT2D eigenvalue weighted by atomic mass is 10.0. The predicted molar refractivity (Wildman–Crippen MR) is 93.4 cm³/mol. The molecular weight excluding hydrogens is 336 g/mol. The maximum absolute atomic E-state index is 12.4. The fourth-order valence-electron chi connectivity index (χ4n) is 2.90. The van der Waals surface area contributed by atoms with Gasteiger partial charge in [-0.05, 0) is 31.2 Å². The van der Waals surface area contributed by atoms with Crippen molar-refractivity contribution in [2.24, 2.45) is 0 Å². The highest BCUT2D eigenvalue weighted by molar-refractivity contribution is 6.01. The second kappa shape index (κ2) is 6.97. The first kappa shape index (κ1) is 17.6. The van der Waals surface area contributed by atoms with Crippen LogP contribution in [-0.4, -0.2) is 36.2 Å². The topological polar surface area (TPSA) is 97.8 Å². The normalized spacial score (nSPS) is 16.5. The van der Waals surface area contributed by atoms with Crippen LogP contribution in [0, 0.1) is 0 Å². The number of para-hydroxylation sites is 1. The summed E-state index contributed by atoms with van der Waals surface area (Å²) in [7, 11) is 2.76. The third-order valence-corrected chi connectivity index (χ3v) is 4.20. The number of amides is 1. The number of esters is 1. The summed E-state index contributed by atoms with van der Waals surface area (Å²) in [6, 6.07) is 10.5. The van der Waals surface area contributed by atoms with Gasteiger partial charge in [0, 0.05) is 11.3 Å². The number of nitrogens with zero attached hydrogens (tertiary/aromatic N) is 1. The molecular formula is C19H18N2O5. The van der Waals surface area contributed by atoms with Crippen molar-refractivity contribution in [2.45, 2.75) is 13.0 Å². The first-order valence-electron chi connectivity index (χ1n) is 7.90. The number of carbonyl (C=O) groups excluding carboxylic acids is 2. The number of methoxy groups -OCH3 is 2. The Morgan fingerprint density at radius 2 is 1.88 bits per heavy atom. The van der Waals surface area contributed by atoms with Crippen molar-refractivity contribution >= 4 is 11.9 Å². The van der Waals surface area contributed by atoms with Crippen LogP contribution in [0.2, 0.25) is 0 Å². The standard InChI is InChI=1S/C19H18N2O5/c1-10-15(19(24)26-3)17(22)16-12(18(23)20-10)8-9-13(21-16)11-6-4-5-7-14(11)25-2/h4-9,17,22H,1-3H3,(H,20,23). The molecule has 0 spiro atoms. The van der Waals surface area contributed by atoms with E-state index in [-0.39, 0.29) is 22.5 Å². The molecule has 1 aliphatic rings. The highest BCUT2D eigenvalue weighted by atomic mass is 16.5. The summed E-state index contributed by atoms with van der Waals surface area (Å²) in [6.45, 7) is 1.53. The van der Waals surface area contributed by atoms with E-state index in [2.05, 4.69) is 10.3 Å². The summed E-state index contributed by atoms with van der Waals surface area (Å²) >= 11 is 0. The van der Waals surface area contributed by atoms with Gasteiger partial charge in [0.2, 0.25) is 0 Å². The molecule has 1 aromatic heterocycles. The molecule has 2 N–H and O–H groups in total. The van der Waals surface area contributed by atoms with E-state index in [1.165, 1.54) is 14.0 Å². The number of ether oxygens (including phenoxy) is 2. The second-order valence-corrected chi connectivity index (χ2v) is 5.72. The maximum Gasteiger partial charge on any atom is 0.338 e. The van der Waals surface area contributed by atoms with Crippen molar-refractivity contribution < 1.29 is 24.2 Å². The molecule has 0 radical (unpaired) electrons. The number of nitrogens with one attached hydrogen (secondary N) is 1. The van der Waals surface area contributed by atoms with E-state index >= 15 is 0 Å². The zero-order valence-electron chi connectivity index (χ0n) is 14.6. The number of carbonyl (C=O) groups is 2. The number of hydrogen-bond acceptors (Lipinski definition) is 6. The molecule has 0 fully saturated rings. The van der Waals surface area contributed by atoms with Crippen molar-refractivity contribution in [2.75, 3.05) is 14.2 Å². The lowest BCUT2D eigenvalue weighted by Gasteiger charge is -2.15. The van der Waals surface area contributed by atoms with Gasteiger partial charge < -0.3 is 19.9 Å². The van der Waals surface area contributed by atoms with E-state index < -0.39 is 18.0 Å². The quantitative estimate of drug-likeness (QED) is 0.818. The SMILES string of the molecule is COC(=O)C1=C(C)NC(=O)c2ccc(-c3ccccc3OC)nc2C1O. The van der Waals surface area contributed by atoms with Gasteiger partial charge in [0.25, 0.3) is 5.91 Å². The Bertz CT molecular complexity index is 920. The minimum absolute atomic E-state index is 0.0516. The second-order valence-electron chi connectivity index (χ2n) is 5.72. The molecule has 1 aromatic carbocycles. The van der Waals surface area contributed by atoms with Crippen LogP contribution in [0.25, 0.3) is 11.3 Å². The molecule has 3 rings (SSSR count). The number of fused-ring (bicyclic) bond motifs is 1. The Hall–Kier alpha value is -3.19. The third kappa shape index (κ3) is 2.93. The predicted octanol–water partition coefficient (Wildman–Crippen LogP) is 1.98. The molecule has 2 aromatic rings. The van der Waals surface area contributed by atoms with Gasteiger partial charge in [-0.2, -0.15) is 0 Å². The number of allylic oxidation sites excluding steroid dienone is 1. The molecule has 26 heavy (non-hydrogen) atoms. The Morgan fingerprint density at radius 1 is 1.15 bits per heavy atom. The molecule has 1 amide bonds. The number of aliphatic hydroxyl groups is 1. The highest BCUT2D eigenvalue weighted by Crippen LogP contribution is 2.33. The lowest BCUT2D eigenvalue weighted by Crippen LogP contribution is -2.22. The maximum atomic E-state index is 12.4. The largest absolute Gasteiger partial charge is 0.496 e. The van der Waals surface area contributed by atoms with Crippen LogP contribution in [0.5, 0.6) is 5.75 Å². The minimum Gasteiger partial charge on any atom is -0.496 e. The van der Waals surface area contributed by atoms with E-state index in [1.807, 2.05) is 18.2 Å². The average Bonchev–Trinajstić information content (AvgIpc) is 2.75. The molecule has 134 valence electrons. The summed E-state index contributed by atoms with van der Waals surface area (Å²) in [5, 5.41) is 13.3. The van der Waals surface area contributed by atoms with E-state index in [9.17, 15) is 14.7 Å². The van der Waals surface area contributed by atoms with E-state index in [4.69, 9.17) is 9.47 Å². The molecule has 7 heteroatoms. The van der Waals surface area contributed by atoms with Crippen molar-refractivity contribution in [1.82, 2.24) is 10.3 Å². The summed E-state index contributed by atoms with van der Waals surface area (Å²) in [5.41, 5.74) is 1.67. The van der Waals surface area contributed by atoms with E-state index in [0.717, 1.165) is 0 Å². The lowest BCUT2D eigenvalue weighted by molar-refractivity contribution is -0.137. The van der Waals surface area contributed by atoms with Crippen molar-refractivity contribution in [3.05, 3.63) is 58.9 Å². The van der Waals surface area contributed by atoms with E-state index in [1.54, 1.807) is 25.3 Å². The molecule has 0 saturated heterocycles. The van der Waals surface area contributed by atoms with Gasteiger partial charge >= 0.3 is 5.97 Å². The van der Waals surface area contributed by atoms with Gasteiger partial charge in [0.05, 0.1) is 36.7 Å². The summed E-state index contributed by atoms with van der Waals surface area (Å²) < 4.78 is 10.1. The third-order valence-electron chi connectivity index (χ3n) is 4.20. The van der Waals surface area contributed by atoms with Crippen LogP contribution in [0.3, 0.4) is 0 Å². The molecule has 1 aliphatic heterocycles. The van der Waals surface area contributed by atoms with Crippen molar-refractivity contribution in [3.63, 3.8) is 0 Å². The zero-order valence-corrected chi connectivity index (χ0v) is 14.6. The Balaban J connectivity index is 2.18. The number of pyridine rings is 1. The Kier molecular flexibility index (Phi) is 4.73. The Morgan fingerprint density at radius 3 is 2.58 bits per heavy atom. The summed E-state index contributed by atoms with van der Waals surface area (Å²) in [6.07, 6.45) is -1.40. The number of aliphatic hydroxyl groups excluding tert-OH is 1. The summed E-state index contributed by atoms with van der Waals surface area (Å²) in [4.78, 5) is 28.9. The van der Waals surface area contributed by atoms with Crippen LogP contribution in [0.4, 0.5) is 0 Å². The van der Waals surface area contributed by atoms with Gasteiger partial charge in [0.1, 0.15) is 11.9 Å². The molecule has 2 heterocycles. The highest BCUT2D eigenvalue weighted by Gasteiger charge is 2.33.